The number of benzene rings is 1. The minimum Gasteiger partial charge on any atom is -0.508 e. The Balaban J connectivity index is 2.79. The van der Waals surface area contributed by atoms with Crippen LogP contribution in [0.2, 0.25) is 0 Å². The maximum Gasteiger partial charge on any atom is 0.123 e. The molecule has 0 fully saturated rings. The number of aldehydes is 1. The number of rotatable bonds is 3. The lowest BCUT2D eigenvalue weighted by molar-refractivity contribution is -0.110. The van der Waals surface area contributed by atoms with E-state index in [1.165, 1.54) is 0 Å². The Morgan fingerprint density at radius 2 is 2.23 bits per heavy atom. The topological polar surface area (TPSA) is 37.3 Å². The molecule has 0 spiro atoms. The molecule has 0 amide bonds. The largest absolute Gasteiger partial charge is 0.508 e. The van der Waals surface area contributed by atoms with Gasteiger partial charge in [0, 0.05) is 5.92 Å². The molecule has 2 nitrogen and oxygen atoms in total. The summed E-state index contributed by atoms with van der Waals surface area (Å²) in [6.45, 7) is 3.74. The highest BCUT2D eigenvalue weighted by molar-refractivity contribution is 5.53. The minimum absolute atomic E-state index is 0.0453. The van der Waals surface area contributed by atoms with Crippen molar-refractivity contribution in [3.8, 4) is 5.75 Å². The van der Waals surface area contributed by atoms with Crippen LogP contribution >= 0.6 is 0 Å². The van der Waals surface area contributed by atoms with E-state index < -0.39 is 0 Å². The van der Waals surface area contributed by atoms with Gasteiger partial charge in [-0.15, -0.1) is 0 Å². The third-order valence-electron chi connectivity index (χ3n) is 2.05. The Hall–Kier alpha value is -1.31. The highest BCUT2D eigenvalue weighted by Crippen LogP contribution is 2.18. The summed E-state index contributed by atoms with van der Waals surface area (Å²) in [6.07, 6.45) is 1.69. The molecule has 2 heteroatoms. The van der Waals surface area contributed by atoms with E-state index in [4.69, 9.17) is 0 Å². The molecule has 1 unspecified atom stereocenters. The van der Waals surface area contributed by atoms with Gasteiger partial charge in [-0.05, 0) is 30.5 Å². The summed E-state index contributed by atoms with van der Waals surface area (Å²) in [4.78, 5) is 10.4. The Morgan fingerprint density at radius 1 is 1.54 bits per heavy atom. The number of hydrogen-bond donors (Lipinski definition) is 1. The second-order valence-corrected chi connectivity index (χ2v) is 3.44. The Kier molecular flexibility index (Phi) is 3.07. The lowest BCUT2D eigenvalue weighted by atomic mass is 10.0. The molecule has 13 heavy (non-hydrogen) atoms. The smallest absolute Gasteiger partial charge is 0.123 e. The minimum atomic E-state index is 0.0453. The molecule has 1 rings (SSSR count). The number of hydrogen-bond acceptors (Lipinski definition) is 2. The quantitative estimate of drug-likeness (QED) is 0.719. The predicted molar refractivity (Wildman–Crippen MR) is 51.8 cm³/mol. The summed E-state index contributed by atoms with van der Waals surface area (Å²) in [6, 6.07) is 5.43. The van der Waals surface area contributed by atoms with Gasteiger partial charge in [0.05, 0.1) is 0 Å². The van der Waals surface area contributed by atoms with Crippen LogP contribution in [-0.2, 0) is 11.2 Å². The average molecular weight is 178 g/mol. The summed E-state index contributed by atoms with van der Waals surface area (Å²) >= 11 is 0. The van der Waals surface area contributed by atoms with Gasteiger partial charge in [0.15, 0.2) is 0 Å². The number of carbonyl (C=O) groups is 1. The molecule has 1 aromatic rings. The second-order valence-electron chi connectivity index (χ2n) is 3.44. The van der Waals surface area contributed by atoms with Crippen LogP contribution in [0.25, 0.3) is 0 Å². The van der Waals surface area contributed by atoms with E-state index in [9.17, 15) is 9.90 Å². The van der Waals surface area contributed by atoms with Crippen LogP contribution in [0.5, 0.6) is 5.75 Å². The van der Waals surface area contributed by atoms with Crippen molar-refractivity contribution in [3.05, 3.63) is 29.3 Å². The van der Waals surface area contributed by atoms with Crippen LogP contribution < -0.4 is 0 Å². The molecule has 0 aliphatic rings. The Labute approximate surface area is 78.2 Å². The summed E-state index contributed by atoms with van der Waals surface area (Å²) in [5.41, 5.74) is 1.95. The molecule has 0 saturated carbocycles. The second kappa shape index (κ2) is 4.08. The van der Waals surface area contributed by atoms with Crippen LogP contribution in [0.1, 0.15) is 18.1 Å². The van der Waals surface area contributed by atoms with Gasteiger partial charge in [-0.3, -0.25) is 0 Å². The van der Waals surface area contributed by atoms with Crippen molar-refractivity contribution in [1.82, 2.24) is 0 Å². The SMILES string of the molecule is Cc1cc(CC(C)C=O)ccc1O. The van der Waals surface area contributed by atoms with Crippen LogP contribution in [-0.4, -0.2) is 11.4 Å². The fourth-order valence-electron chi connectivity index (χ4n) is 1.26. The van der Waals surface area contributed by atoms with Gasteiger partial charge in [-0.1, -0.05) is 19.1 Å². The standard InChI is InChI=1S/C11H14O2/c1-8(7-12)5-10-3-4-11(13)9(2)6-10/h3-4,6-8,13H,5H2,1-2H3. The summed E-state index contributed by atoms with van der Waals surface area (Å²) in [5.74, 6) is 0.353. The maximum atomic E-state index is 10.4. The first-order valence-corrected chi connectivity index (χ1v) is 4.37. The van der Waals surface area contributed by atoms with E-state index in [1.807, 2.05) is 26.0 Å². The van der Waals surface area contributed by atoms with Crippen LogP contribution in [0.15, 0.2) is 18.2 Å². The molecule has 0 aromatic heterocycles. The third-order valence-corrected chi connectivity index (χ3v) is 2.05. The summed E-state index contributed by atoms with van der Waals surface area (Å²) in [7, 11) is 0. The Bertz CT molecular complexity index is 305. The van der Waals surface area contributed by atoms with Crippen molar-refractivity contribution < 1.29 is 9.90 Å². The zero-order valence-electron chi connectivity index (χ0n) is 7.95. The van der Waals surface area contributed by atoms with E-state index in [0.29, 0.717) is 5.75 Å². The molecular weight excluding hydrogens is 164 g/mol. The van der Waals surface area contributed by atoms with Crippen LogP contribution in [0, 0.1) is 12.8 Å². The van der Waals surface area contributed by atoms with Crippen molar-refractivity contribution in [2.24, 2.45) is 5.92 Å². The lowest BCUT2D eigenvalue weighted by Gasteiger charge is -2.05. The molecular formula is C11H14O2. The number of phenolic OH excluding ortho intramolecular Hbond substituents is 1. The van der Waals surface area contributed by atoms with Crippen LogP contribution in [0.4, 0.5) is 0 Å². The highest BCUT2D eigenvalue weighted by Gasteiger charge is 2.03. The first kappa shape index (κ1) is 9.78. The molecule has 1 atom stereocenters. The van der Waals surface area contributed by atoms with E-state index in [0.717, 1.165) is 23.8 Å². The first-order chi connectivity index (χ1) is 6.13. The van der Waals surface area contributed by atoms with Gasteiger partial charge in [-0.25, -0.2) is 0 Å². The molecule has 0 aliphatic heterocycles. The molecule has 0 heterocycles. The van der Waals surface area contributed by atoms with Crippen molar-refractivity contribution in [2.75, 3.05) is 0 Å². The van der Waals surface area contributed by atoms with Gasteiger partial charge in [0.1, 0.15) is 12.0 Å². The monoisotopic (exact) mass is 178 g/mol. The number of carbonyl (C=O) groups excluding carboxylic acids is 1. The van der Waals surface area contributed by atoms with Crippen molar-refractivity contribution in [3.63, 3.8) is 0 Å². The van der Waals surface area contributed by atoms with Gasteiger partial charge in [0.25, 0.3) is 0 Å². The van der Waals surface area contributed by atoms with Gasteiger partial charge in [0.2, 0.25) is 0 Å². The fraction of sp³-hybridized carbons (Fsp3) is 0.364. The number of aromatic hydroxyl groups is 1. The number of phenols is 1. The lowest BCUT2D eigenvalue weighted by Crippen LogP contribution is -2.00. The van der Waals surface area contributed by atoms with E-state index >= 15 is 0 Å². The fourth-order valence-corrected chi connectivity index (χ4v) is 1.26. The van der Waals surface area contributed by atoms with E-state index in [-0.39, 0.29) is 5.92 Å². The third kappa shape index (κ3) is 2.58. The van der Waals surface area contributed by atoms with Gasteiger partial charge >= 0.3 is 0 Å². The molecule has 0 radical (unpaired) electrons. The molecule has 0 aliphatic carbocycles. The summed E-state index contributed by atoms with van der Waals surface area (Å²) < 4.78 is 0. The van der Waals surface area contributed by atoms with Crippen molar-refractivity contribution >= 4 is 6.29 Å². The first-order valence-electron chi connectivity index (χ1n) is 4.37. The number of aryl methyl sites for hydroxylation is 1. The highest BCUT2D eigenvalue weighted by atomic mass is 16.3. The molecule has 1 aromatic carbocycles. The van der Waals surface area contributed by atoms with Crippen molar-refractivity contribution in [2.45, 2.75) is 20.3 Å². The molecule has 1 N–H and O–H groups in total. The maximum absolute atomic E-state index is 10.4. The molecule has 70 valence electrons. The average Bonchev–Trinajstić information content (AvgIpc) is 2.11. The molecule has 0 bridgehead atoms. The van der Waals surface area contributed by atoms with Crippen LogP contribution in [0.3, 0.4) is 0 Å². The summed E-state index contributed by atoms with van der Waals surface area (Å²) in [5, 5.41) is 9.27. The van der Waals surface area contributed by atoms with Crippen molar-refractivity contribution in [1.29, 1.82) is 0 Å². The van der Waals surface area contributed by atoms with Gasteiger partial charge in [-0.2, -0.15) is 0 Å². The van der Waals surface area contributed by atoms with E-state index in [1.54, 1.807) is 6.07 Å². The van der Waals surface area contributed by atoms with Gasteiger partial charge < -0.3 is 9.90 Å². The normalized spacial score (nSPS) is 12.5. The zero-order chi connectivity index (χ0) is 9.84. The predicted octanol–water partition coefficient (Wildman–Crippen LogP) is 2.08. The van der Waals surface area contributed by atoms with E-state index in [2.05, 4.69) is 0 Å². The molecule has 0 saturated heterocycles. The zero-order valence-corrected chi connectivity index (χ0v) is 7.95. The Morgan fingerprint density at radius 3 is 2.77 bits per heavy atom.